The second-order valence-electron chi connectivity index (χ2n) is 1.74. The van der Waals surface area contributed by atoms with Crippen LogP contribution in [0.3, 0.4) is 0 Å². The maximum absolute atomic E-state index is 11.8. The summed E-state index contributed by atoms with van der Waals surface area (Å²) in [5.74, 6) is 0. The Labute approximate surface area is 99.3 Å². The van der Waals surface area contributed by atoms with Gasteiger partial charge in [0.15, 0.2) is 0 Å². The van der Waals surface area contributed by atoms with Crippen LogP contribution in [0, 0.1) is 0 Å². The molecule has 0 rings (SSSR count). The Hall–Kier alpha value is -0.730. The fourth-order valence-electron chi connectivity index (χ4n) is 0.534. The summed E-state index contributed by atoms with van der Waals surface area (Å²) < 4.78 is 35.4. The first-order valence-corrected chi connectivity index (χ1v) is 5.88. The van der Waals surface area contributed by atoms with Gasteiger partial charge >= 0.3 is 6.18 Å². The zero-order valence-corrected chi connectivity index (χ0v) is 11.9. The summed E-state index contributed by atoms with van der Waals surface area (Å²) in [6.45, 7) is 14.9. The average Bonchev–Trinajstić information content (AvgIpc) is 2.32. The molecular weight excluding hydrogens is 213 g/mol. The van der Waals surface area contributed by atoms with Gasteiger partial charge in [0.25, 0.3) is 0 Å². The topological polar surface area (TPSA) is 0 Å². The SMILES string of the molecule is C/C=C\C(=C/C)C(F)(F)F.CC.CC.CC. The van der Waals surface area contributed by atoms with Crippen molar-refractivity contribution in [2.75, 3.05) is 0 Å². The zero-order valence-electron chi connectivity index (χ0n) is 11.9. The molecule has 0 aliphatic carbocycles. The standard InChI is InChI=1S/C7H9F3.3C2H6/c1-3-5-6(4-2)7(8,9)10;3*1-2/h3-5H,1-2H3;3*1-2H3/b5-3-,6-4+;;;. The van der Waals surface area contributed by atoms with Gasteiger partial charge in [-0.1, -0.05) is 59.8 Å². The Morgan fingerprint density at radius 3 is 1.19 bits per heavy atom. The number of halogens is 3. The van der Waals surface area contributed by atoms with Crippen LogP contribution in [-0.2, 0) is 0 Å². The Morgan fingerprint density at radius 1 is 0.812 bits per heavy atom. The van der Waals surface area contributed by atoms with E-state index in [0.717, 1.165) is 12.2 Å². The molecule has 0 radical (unpaired) electrons. The molecule has 0 bridgehead atoms. The quantitative estimate of drug-likeness (QED) is 0.482. The van der Waals surface area contributed by atoms with Gasteiger partial charge in [0.2, 0.25) is 0 Å². The molecule has 0 aliphatic rings. The summed E-state index contributed by atoms with van der Waals surface area (Å²) in [5.41, 5.74) is -0.602. The van der Waals surface area contributed by atoms with Gasteiger partial charge in [0, 0.05) is 0 Å². The van der Waals surface area contributed by atoms with Crippen LogP contribution < -0.4 is 0 Å². The van der Waals surface area contributed by atoms with Crippen LogP contribution in [0.2, 0.25) is 0 Å². The molecule has 0 aromatic rings. The first-order chi connectivity index (χ1) is 7.52. The van der Waals surface area contributed by atoms with E-state index in [-0.39, 0.29) is 0 Å². The van der Waals surface area contributed by atoms with E-state index >= 15 is 0 Å². The molecule has 0 fully saturated rings. The number of allylic oxidation sites excluding steroid dienone is 4. The van der Waals surface area contributed by atoms with Crippen molar-refractivity contribution >= 4 is 0 Å². The van der Waals surface area contributed by atoms with E-state index in [4.69, 9.17) is 0 Å². The number of alkyl halides is 3. The molecule has 0 unspecified atom stereocenters. The summed E-state index contributed by atoms with van der Waals surface area (Å²) in [5, 5.41) is 0. The van der Waals surface area contributed by atoms with Crippen molar-refractivity contribution in [3.63, 3.8) is 0 Å². The first-order valence-electron chi connectivity index (χ1n) is 5.88. The van der Waals surface area contributed by atoms with Gasteiger partial charge in [0.05, 0.1) is 5.57 Å². The van der Waals surface area contributed by atoms with E-state index in [0.29, 0.717) is 0 Å². The van der Waals surface area contributed by atoms with Gasteiger partial charge in [-0.3, -0.25) is 0 Å². The number of rotatable bonds is 1. The van der Waals surface area contributed by atoms with Gasteiger partial charge in [-0.15, -0.1) is 0 Å². The summed E-state index contributed by atoms with van der Waals surface area (Å²) in [6.07, 6.45) is -0.760. The average molecular weight is 240 g/mol. The van der Waals surface area contributed by atoms with Crippen molar-refractivity contribution in [1.29, 1.82) is 0 Å². The van der Waals surface area contributed by atoms with Crippen molar-refractivity contribution in [3.05, 3.63) is 23.8 Å². The highest BCUT2D eigenvalue weighted by Crippen LogP contribution is 2.25. The largest absolute Gasteiger partial charge is 0.416 e. The summed E-state index contributed by atoms with van der Waals surface area (Å²) in [7, 11) is 0. The van der Waals surface area contributed by atoms with Crippen LogP contribution in [0.15, 0.2) is 23.8 Å². The van der Waals surface area contributed by atoms with Crippen LogP contribution in [0.4, 0.5) is 13.2 Å². The van der Waals surface area contributed by atoms with E-state index < -0.39 is 11.7 Å². The van der Waals surface area contributed by atoms with Gasteiger partial charge in [-0.2, -0.15) is 13.2 Å². The van der Waals surface area contributed by atoms with Gasteiger partial charge in [0.1, 0.15) is 0 Å². The van der Waals surface area contributed by atoms with Crippen LogP contribution in [0.1, 0.15) is 55.4 Å². The Kier molecular flexibility index (Phi) is 30.3. The second-order valence-corrected chi connectivity index (χ2v) is 1.74. The molecule has 0 saturated heterocycles. The van der Waals surface area contributed by atoms with Gasteiger partial charge in [-0.25, -0.2) is 0 Å². The lowest BCUT2D eigenvalue weighted by Crippen LogP contribution is -2.09. The third-order valence-corrected chi connectivity index (χ3v) is 0.985. The Balaban J connectivity index is -0.000000103. The van der Waals surface area contributed by atoms with Crippen LogP contribution >= 0.6 is 0 Å². The predicted molar refractivity (Wildman–Crippen MR) is 68.7 cm³/mol. The highest BCUT2D eigenvalue weighted by atomic mass is 19.4. The summed E-state index contributed by atoms with van der Waals surface area (Å²) >= 11 is 0. The fourth-order valence-corrected chi connectivity index (χ4v) is 0.534. The molecule has 16 heavy (non-hydrogen) atoms. The minimum Gasteiger partial charge on any atom is -0.166 e. The molecule has 0 heterocycles. The van der Waals surface area contributed by atoms with E-state index in [9.17, 15) is 13.2 Å². The van der Waals surface area contributed by atoms with Crippen molar-refractivity contribution in [2.45, 2.75) is 61.6 Å². The highest BCUT2D eigenvalue weighted by Gasteiger charge is 2.30. The van der Waals surface area contributed by atoms with Crippen molar-refractivity contribution in [1.82, 2.24) is 0 Å². The molecular formula is C13H27F3. The molecule has 0 nitrogen and oxygen atoms in total. The lowest BCUT2D eigenvalue weighted by atomic mass is 10.2. The molecule has 3 heteroatoms. The number of hydrogen-bond acceptors (Lipinski definition) is 0. The maximum Gasteiger partial charge on any atom is 0.416 e. The molecule has 0 aromatic heterocycles. The minimum atomic E-state index is -4.21. The molecule has 0 saturated carbocycles. The fraction of sp³-hybridized carbons (Fsp3) is 0.692. The van der Waals surface area contributed by atoms with Crippen molar-refractivity contribution in [3.8, 4) is 0 Å². The van der Waals surface area contributed by atoms with Crippen molar-refractivity contribution in [2.24, 2.45) is 0 Å². The zero-order chi connectivity index (χ0) is 14.2. The third kappa shape index (κ3) is 18.9. The normalized spacial score (nSPS) is 10.3. The van der Waals surface area contributed by atoms with Gasteiger partial charge in [-0.05, 0) is 13.8 Å². The van der Waals surface area contributed by atoms with Crippen LogP contribution in [0.25, 0.3) is 0 Å². The van der Waals surface area contributed by atoms with E-state index in [1.54, 1.807) is 6.92 Å². The molecule has 0 atom stereocenters. The van der Waals surface area contributed by atoms with Crippen LogP contribution in [0.5, 0.6) is 0 Å². The van der Waals surface area contributed by atoms with Crippen molar-refractivity contribution < 1.29 is 13.2 Å². The molecule has 100 valence electrons. The molecule has 0 aliphatic heterocycles. The smallest absolute Gasteiger partial charge is 0.166 e. The second kappa shape index (κ2) is 19.8. The number of hydrogen-bond donors (Lipinski definition) is 0. The minimum absolute atomic E-state index is 0.602. The summed E-state index contributed by atoms with van der Waals surface area (Å²) in [6, 6.07) is 0. The molecule has 0 N–H and O–H groups in total. The molecule has 0 aromatic carbocycles. The lowest BCUT2D eigenvalue weighted by Gasteiger charge is -2.05. The summed E-state index contributed by atoms with van der Waals surface area (Å²) in [4.78, 5) is 0. The highest BCUT2D eigenvalue weighted by molar-refractivity contribution is 5.22. The maximum atomic E-state index is 11.8. The molecule has 0 amide bonds. The van der Waals surface area contributed by atoms with Crippen LogP contribution in [-0.4, -0.2) is 6.18 Å². The molecule has 0 spiro atoms. The van der Waals surface area contributed by atoms with Gasteiger partial charge < -0.3 is 0 Å². The Bertz CT molecular complexity index is 153. The lowest BCUT2D eigenvalue weighted by molar-refractivity contribution is -0.0883. The predicted octanol–water partition coefficient (Wildman–Crippen LogP) is 6.15. The third-order valence-electron chi connectivity index (χ3n) is 0.985. The van der Waals surface area contributed by atoms with E-state index in [2.05, 4.69) is 0 Å². The first kappa shape index (κ1) is 24.5. The monoisotopic (exact) mass is 240 g/mol. The van der Waals surface area contributed by atoms with E-state index in [1.807, 2.05) is 41.5 Å². The Morgan fingerprint density at radius 2 is 1.12 bits per heavy atom. The van der Waals surface area contributed by atoms with E-state index in [1.165, 1.54) is 13.0 Å².